The van der Waals surface area contributed by atoms with Gasteiger partial charge < -0.3 is 0 Å². The molecule has 1 amide bonds. The molecule has 0 radical (unpaired) electrons. The molecule has 0 unspecified atom stereocenters. The molecule has 2 aromatic heterocycles. The van der Waals surface area contributed by atoms with E-state index in [1.807, 2.05) is 17.1 Å². The third-order valence-corrected chi connectivity index (χ3v) is 7.45. The zero-order valence-corrected chi connectivity index (χ0v) is 19.1. The Morgan fingerprint density at radius 2 is 1.87 bits per heavy atom. The molecule has 5 nitrogen and oxygen atoms in total. The van der Waals surface area contributed by atoms with Crippen molar-refractivity contribution in [3.63, 3.8) is 0 Å². The van der Waals surface area contributed by atoms with Gasteiger partial charge in [-0.2, -0.15) is 5.10 Å². The maximum absolute atomic E-state index is 13.2. The Morgan fingerprint density at radius 3 is 2.63 bits per heavy atom. The van der Waals surface area contributed by atoms with E-state index in [2.05, 4.69) is 5.43 Å². The number of nitrogens with zero attached hydrogens (tertiary/aromatic N) is 3. The van der Waals surface area contributed by atoms with Crippen LogP contribution < -0.4 is 5.43 Å². The molecule has 1 aliphatic carbocycles. The summed E-state index contributed by atoms with van der Waals surface area (Å²) in [6.07, 6.45) is 4.94. The van der Waals surface area contributed by atoms with Crippen LogP contribution in [0.1, 0.15) is 40.2 Å². The minimum Gasteiger partial charge on any atom is -0.283 e. The monoisotopic (exact) mass is 480 g/mol. The number of fused-ring (bicyclic) bond motifs is 3. The Bertz CT molecular complexity index is 1130. The van der Waals surface area contributed by atoms with Crippen LogP contribution in [0, 0.1) is 0 Å². The van der Waals surface area contributed by atoms with Crippen molar-refractivity contribution in [1.82, 2.24) is 20.2 Å². The van der Waals surface area contributed by atoms with E-state index in [1.54, 1.807) is 28.2 Å². The number of benzene rings is 1. The van der Waals surface area contributed by atoms with E-state index in [0.29, 0.717) is 21.4 Å². The van der Waals surface area contributed by atoms with Crippen molar-refractivity contribution < 1.29 is 4.79 Å². The number of nitrogens with one attached hydrogen (secondary N) is 1. The molecule has 1 saturated heterocycles. The van der Waals surface area contributed by atoms with Gasteiger partial charge in [-0.15, -0.1) is 11.3 Å². The molecule has 1 aromatic carbocycles. The molecule has 0 bridgehead atoms. The molecule has 5 rings (SSSR count). The van der Waals surface area contributed by atoms with Crippen molar-refractivity contribution in [2.45, 2.75) is 32.1 Å². The molecule has 0 spiro atoms. The van der Waals surface area contributed by atoms with E-state index in [0.717, 1.165) is 59.9 Å². The van der Waals surface area contributed by atoms with Crippen LogP contribution in [0.2, 0.25) is 14.4 Å². The number of carbonyl (C=O) groups excluding carboxylic acids is 1. The first-order chi connectivity index (χ1) is 14.5. The molecule has 2 aliphatic rings. The Kier molecular flexibility index (Phi) is 5.54. The van der Waals surface area contributed by atoms with Gasteiger partial charge in [0.15, 0.2) is 5.69 Å². The largest absolute Gasteiger partial charge is 0.286 e. The van der Waals surface area contributed by atoms with Gasteiger partial charge in [-0.05, 0) is 49.9 Å². The van der Waals surface area contributed by atoms with E-state index >= 15 is 0 Å². The van der Waals surface area contributed by atoms with Crippen molar-refractivity contribution >= 4 is 52.0 Å². The molecular weight excluding hydrogens is 463 g/mol. The zero-order chi connectivity index (χ0) is 20.8. The summed E-state index contributed by atoms with van der Waals surface area (Å²) in [7, 11) is 0. The number of amides is 1. The van der Waals surface area contributed by atoms with Crippen molar-refractivity contribution in [2.24, 2.45) is 0 Å². The average Bonchev–Trinajstić information content (AvgIpc) is 3.28. The molecule has 30 heavy (non-hydrogen) atoms. The SMILES string of the molecule is O=C(NN1CCCCC1)c1nn(-c2ccc(Cl)cc2Cl)c2c1CCc1sc(Cl)cc1-2. The molecule has 3 heterocycles. The number of thiophene rings is 1. The first-order valence-electron chi connectivity index (χ1n) is 9.93. The summed E-state index contributed by atoms with van der Waals surface area (Å²) >= 11 is 20.5. The van der Waals surface area contributed by atoms with Crippen LogP contribution in [0.5, 0.6) is 0 Å². The second-order valence-corrected chi connectivity index (χ2v) is 10.2. The minimum atomic E-state index is -0.179. The lowest BCUT2D eigenvalue weighted by atomic mass is 9.94. The molecule has 1 aliphatic heterocycles. The molecular formula is C21H19Cl3N4OS. The Balaban J connectivity index is 1.63. The highest BCUT2D eigenvalue weighted by Crippen LogP contribution is 2.43. The fourth-order valence-corrected chi connectivity index (χ4v) is 5.96. The van der Waals surface area contributed by atoms with Crippen molar-refractivity contribution in [3.8, 4) is 16.9 Å². The van der Waals surface area contributed by atoms with E-state index < -0.39 is 0 Å². The maximum atomic E-state index is 13.2. The Morgan fingerprint density at radius 1 is 1.07 bits per heavy atom. The summed E-state index contributed by atoms with van der Waals surface area (Å²) in [6.45, 7) is 1.73. The van der Waals surface area contributed by atoms with Gasteiger partial charge in [0.1, 0.15) is 0 Å². The number of aryl methyl sites for hydroxylation is 1. The molecule has 0 atom stereocenters. The summed E-state index contributed by atoms with van der Waals surface area (Å²) in [5, 5.41) is 7.75. The van der Waals surface area contributed by atoms with Crippen molar-refractivity contribution in [2.75, 3.05) is 13.1 Å². The highest BCUT2D eigenvalue weighted by atomic mass is 35.5. The summed E-state index contributed by atoms with van der Waals surface area (Å²) in [5.41, 5.74) is 6.99. The first-order valence-corrected chi connectivity index (χ1v) is 11.9. The van der Waals surface area contributed by atoms with E-state index in [9.17, 15) is 4.79 Å². The van der Waals surface area contributed by atoms with Gasteiger partial charge in [0.2, 0.25) is 0 Å². The zero-order valence-electron chi connectivity index (χ0n) is 16.1. The maximum Gasteiger partial charge on any atom is 0.286 e. The number of piperidine rings is 1. The minimum absolute atomic E-state index is 0.179. The fourth-order valence-electron chi connectivity index (χ4n) is 4.20. The summed E-state index contributed by atoms with van der Waals surface area (Å²) in [6, 6.07) is 7.24. The molecule has 9 heteroatoms. The van der Waals surface area contributed by atoms with Crippen LogP contribution in [0.15, 0.2) is 24.3 Å². The lowest BCUT2D eigenvalue weighted by Crippen LogP contribution is -2.45. The number of aromatic nitrogens is 2. The van der Waals surface area contributed by atoms with Crippen LogP contribution in [0.3, 0.4) is 0 Å². The molecule has 156 valence electrons. The fraction of sp³-hybridized carbons (Fsp3) is 0.333. The molecule has 0 saturated carbocycles. The van der Waals surface area contributed by atoms with Crippen LogP contribution in [0.4, 0.5) is 0 Å². The summed E-state index contributed by atoms with van der Waals surface area (Å²) < 4.78 is 2.49. The van der Waals surface area contributed by atoms with Crippen LogP contribution in [-0.4, -0.2) is 33.8 Å². The smallest absolute Gasteiger partial charge is 0.283 e. The second kappa shape index (κ2) is 8.17. The third kappa shape index (κ3) is 3.65. The van der Waals surface area contributed by atoms with Gasteiger partial charge in [-0.1, -0.05) is 41.2 Å². The number of carbonyl (C=O) groups is 1. The van der Waals surface area contributed by atoms with Crippen molar-refractivity contribution in [1.29, 1.82) is 0 Å². The van der Waals surface area contributed by atoms with Crippen LogP contribution in [-0.2, 0) is 12.8 Å². The van der Waals surface area contributed by atoms with Gasteiger partial charge in [0.25, 0.3) is 5.91 Å². The van der Waals surface area contributed by atoms with Gasteiger partial charge in [0, 0.05) is 34.1 Å². The van der Waals surface area contributed by atoms with Gasteiger partial charge >= 0.3 is 0 Å². The summed E-state index contributed by atoms with van der Waals surface area (Å²) in [4.78, 5) is 14.4. The van der Waals surface area contributed by atoms with E-state index in [-0.39, 0.29) is 5.91 Å². The summed E-state index contributed by atoms with van der Waals surface area (Å²) in [5.74, 6) is -0.179. The van der Waals surface area contributed by atoms with Crippen LogP contribution >= 0.6 is 46.1 Å². The number of hydrogen-bond acceptors (Lipinski definition) is 4. The van der Waals surface area contributed by atoms with E-state index in [1.165, 1.54) is 11.3 Å². The standard InChI is InChI=1S/C21H19Cl3N4OS/c22-12-4-6-16(15(23)10-12)28-20-13(5-7-17-14(20)11-18(24)30-17)19(25-28)21(29)26-27-8-2-1-3-9-27/h4,6,10-11H,1-3,5,7-9H2,(H,26,29). The molecule has 1 N–H and O–H groups in total. The number of rotatable bonds is 3. The number of halogens is 3. The first kappa shape index (κ1) is 20.3. The predicted molar refractivity (Wildman–Crippen MR) is 122 cm³/mol. The molecule has 1 fully saturated rings. The normalized spacial score (nSPS) is 16.2. The predicted octanol–water partition coefficient (Wildman–Crippen LogP) is 5.79. The lowest BCUT2D eigenvalue weighted by molar-refractivity contribution is 0.0743. The van der Waals surface area contributed by atoms with Crippen LogP contribution in [0.25, 0.3) is 16.9 Å². The number of hydrazine groups is 1. The lowest BCUT2D eigenvalue weighted by Gasteiger charge is -2.26. The topological polar surface area (TPSA) is 50.2 Å². The number of hydrogen-bond donors (Lipinski definition) is 1. The van der Waals surface area contributed by atoms with E-state index in [4.69, 9.17) is 39.9 Å². The third-order valence-electron chi connectivity index (χ3n) is 5.59. The van der Waals surface area contributed by atoms with Gasteiger partial charge in [-0.25, -0.2) is 9.69 Å². The highest BCUT2D eigenvalue weighted by Gasteiger charge is 2.31. The van der Waals surface area contributed by atoms with Gasteiger partial charge in [0.05, 0.1) is 20.7 Å². The van der Waals surface area contributed by atoms with Crippen molar-refractivity contribution in [3.05, 3.63) is 54.8 Å². The quantitative estimate of drug-likeness (QED) is 0.515. The second-order valence-electron chi connectivity index (χ2n) is 7.56. The average molecular weight is 482 g/mol. The highest BCUT2D eigenvalue weighted by molar-refractivity contribution is 7.16. The Hall–Kier alpha value is -1.57. The van der Waals surface area contributed by atoms with Gasteiger partial charge in [-0.3, -0.25) is 10.2 Å². The Labute approximate surface area is 193 Å². The molecule has 3 aromatic rings.